The Bertz CT molecular complexity index is 496. The van der Waals surface area contributed by atoms with E-state index in [1.165, 1.54) is 30.4 Å². The Hall–Kier alpha value is -0.740. The number of hydrogen-bond donors (Lipinski definition) is 1. The van der Waals surface area contributed by atoms with Crippen LogP contribution in [-0.2, 0) is 11.8 Å². The van der Waals surface area contributed by atoms with Crippen molar-refractivity contribution in [3.8, 4) is 11.5 Å². The number of ether oxygens (including phenoxy) is 2. The zero-order valence-corrected chi connectivity index (χ0v) is 14.9. The second kappa shape index (κ2) is 7.01. The topological polar surface area (TPSA) is 44.5 Å². The molecule has 0 atom stereocenters. The van der Waals surface area contributed by atoms with Crippen molar-refractivity contribution < 1.29 is 9.47 Å². The normalized spacial score (nSPS) is 17.6. The van der Waals surface area contributed by atoms with E-state index in [9.17, 15) is 0 Å². The summed E-state index contributed by atoms with van der Waals surface area (Å²) < 4.78 is 12.4. The van der Waals surface area contributed by atoms with Crippen molar-refractivity contribution in [1.29, 1.82) is 0 Å². The van der Waals surface area contributed by atoms with E-state index in [1.54, 1.807) is 14.2 Å². The van der Waals surface area contributed by atoms with Crippen molar-refractivity contribution in [3.05, 3.63) is 21.7 Å². The largest absolute Gasteiger partial charge is 0.493 e. The highest BCUT2D eigenvalue weighted by atomic mass is 79.9. The molecule has 0 unspecified atom stereocenters. The van der Waals surface area contributed by atoms with Crippen molar-refractivity contribution in [3.63, 3.8) is 0 Å². The summed E-state index contributed by atoms with van der Waals surface area (Å²) in [4.78, 5) is 0. The number of hydrogen-bond acceptors (Lipinski definition) is 3. The summed E-state index contributed by atoms with van der Waals surface area (Å²) in [7, 11) is 3.41. The molecule has 1 aromatic carbocycles. The fraction of sp³-hybridized carbons (Fsp3) is 0.647. The van der Waals surface area contributed by atoms with E-state index in [0.717, 1.165) is 35.2 Å². The first kappa shape index (κ1) is 16.6. The molecule has 0 saturated heterocycles. The van der Waals surface area contributed by atoms with E-state index in [0.29, 0.717) is 6.54 Å². The number of halogens is 1. The summed E-state index contributed by atoms with van der Waals surface area (Å²) in [5.74, 6) is 1.65. The minimum absolute atomic E-state index is 0.000880. The van der Waals surface area contributed by atoms with E-state index in [2.05, 4.69) is 28.9 Å². The Morgan fingerprint density at radius 1 is 1.19 bits per heavy atom. The zero-order chi connectivity index (χ0) is 15.5. The summed E-state index contributed by atoms with van der Waals surface area (Å²) in [6.07, 6.45) is 6.95. The Labute approximate surface area is 136 Å². The van der Waals surface area contributed by atoms with Gasteiger partial charge in [-0.05, 0) is 30.9 Å². The van der Waals surface area contributed by atoms with Gasteiger partial charge >= 0.3 is 0 Å². The molecule has 0 bridgehead atoms. The highest BCUT2D eigenvalue weighted by molar-refractivity contribution is 9.10. The monoisotopic (exact) mass is 355 g/mol. The van der Waals surface area contributed by atoms with Crippen LogP contribution in [-0.4, -0.2) is 20.8 Å². The van der Waals surface area contributed by atoms with Gasteiger partial charge in [0.25, 0.3) is 0 Å². The number of rotatable bonds is 5. The van der Waals surface area contributed by atoms with E-state index in [-0.39, 0.29) is 5.41 Å². The number of nitrogens with two attached hydrogens (primary N) is 1. The van der Waals surface area contributed by atoms with Gasteiger partial charge in [-0.1, -0.05) is 42.1 Å². The Morgan fingerprint density at radius 3 is 2.33 bits per heavy atom. The Morgan fingerprint density at radius 2 is 1.86 bits per heavy atom. The maximum atomic E-state index is 6.23. The molecule has 1 aliphatic carbocycles. The van der Waals surface area contributed by atoms with Crippen molar-refractivity contribution in [1.82, 2.24) is 0 Å². The molecule has 0 amide bonds. The summed E-state index contributed by atoms with van der Waals surface area (Å²) in [5.41, 5.74) is 8.69. The predicted molar refractivity (Wildman–Crippen MR) is 90.4 cm³/mol. The van der Waals surface area contributed by atoms with E-state index in [4.69, 9.17) is 15.2 Å². The van der Waals surface area contributed by atoms with Crippen LogP contribution in [0.1, 0.15) is 50.2 Å². The van der Waals surface area contributed by atoms with E-state index < -0.39 is 0 Å². The summed E-state index contributed by atoms with van der Waals surface area (Å²) in [6, 6.07) is 2.07. The molecule has 0 radical (unpaired) electrons. The lowest BCUT2D eigenvalue weighted by Crippen LogP contribution is -2.38. The second-order valence-electron chi connectivity index (χ2n) is 5.86. The fourth-order valence-corrected chi connectivity index (χ4v) is 4.54. The second-order valence-corrected chi connectivity index (χ2v) is 6.65. The van der Waals surface area contributed by atoms with Gasteiger partial charge in [0.05, 0.1) is 14.2 Å². The van der Waals surface area contributed by atoms with Crippen LogP contribution in [0.2, 0.25) is 0 Å². The van der Waals surface area contributed by atoms with Crippen LogP contribution in [0.3, 0.4) is 0 Å². The third-order valence-electron chi connectivity index (χ3n) is 4.79. The molecule has 0 spiro atoms. The minimum atomic E-state index is 0.000880. The quantitative estimate of drug-likeness (QED) is 0.860. The molecule has 0 heterocycles. The maximum Gasteiger partial charge on any atom is 0.165 e. The number of benzene rings is 1. The third kappa shape index (κ3) is 2.93. The summed E-state index contributed by atoms with van der Waals surface area (Å²) >= 11 is 3.82. The molecule has 3 nitrogen and oxygen atoms in total. The molecule has 0 aromatic heterocycles. The molecular weight excluding hydrogens is 330 g/mol. The fourth-order valence-electron chi connectivity index (χ4n) is 3.54. The maximum absolute atomic E-state index is 6.23. The smallest absolute Gasteiger partial charge is 0.165 e. The molecule has 2 N–H and O–H groups in total. The molecule has 1 aliphatic rings. The van der Waals surface area contributed by atoms with Crippen molar-refractivity contribution >= 4 is 15.9 Å². The van der Waals surface area contributed by atoms with Crippen LogP contribution in [0.5, 0.6) is 11.5 Å². The molecule has 0 aliphatic heterocycles. The average molecular weight is 356 g/mol. The highest BCUT2D eigenvalue weighted by Crippen LogP contribution is 2.50. The zero-order valence-electron chi connectivity index (χ0n) is 13.3. The molecule has 118 valence electrons. The first-order valence-corrected chi connectivity index (χ1v) is 8.56. The SMILES string of the molecule is CCc1cc(OC)c(OC)c(C2(CN)CCCCC2)c1Br. The molecular formula is C17H26BrNO2. The van der Waals surface area contributed by atoms with Crippen molar-refractivity contribution in [2.24, 2.45) is 5.73 Å². The summed E-state index contributed by atoms with van der Waals surface area (Å²) in [6.45, 7) is 2.81. The highest BCUT2D eigenvalue weighted by Gasteiger charge is 2.38. The molecule has 2 rings (SSSR count). The Balaban J connectivity index is 2.69. The van der Waals surface area contributed by atoms with Gasteiger partial charge in [-0.15, -0.1) is 0 Å². The lowest BCUT2D eigenvalue weighted by molar-refractivity contribution is 0.279. The number of methoxy groups -OCH3 is 2. The molecule has 21 heavy (non-hydrogen) atoms. The van der Waals surface area contributed by atoms with Gasteiger partial charge in [-0.3, -0.25) is 0 Å². The molecule has 4 heteroatoms. The third-order valence-corrected chi connectivity index (χ3v) is 5.70. The standard InChI is InChI=1S/C17H26BrNO2/c1-4-12-10-13(20-2)16(21-3)14(15(12)18)17(11-19)8-6-5-7-9-17/h10H,4-9,11,19H2,1-3H3. The Kier molecular flexibility index (Phi) is 5.55. The van der Waals surface area contributed by atoms with Gasteiger partial charge in [0.15, 0.2) is 11.5 Å². The van der Waals surface area contributed by atoms with Gasteiger partial charge in [-0.2, -0.15) is 0 Å². The summed E-state index contributed by atoms with van der Waals surface area (Å²) in [5, 5.41) is 0. The van der Waals surface area contributed by atoms with E-state index >= 15 is 0 Å². The first-order chi connectivity index (χ1) is 10.1. The van der Waals surface area contributed by atoms with Crippen LogP contribution in [0.4, 0.5) is 0 Å². The minimum Gasteiger partial charge on any atom is -0.493 e. The van der Waals surface area contributed by atoms with Crippen molar-refractivity contribution in [2.75, 3.05) is 20.8 Å². The lowest BCUT2D eigenvalue weighted by Gasteiger charge is -2.39. The van der Waals surface area contributed by atoms with Crippen LogP contribution in [0.15, 0.2) is 10.5 Å². The molecule has 1 aromatic rings. The van der Waals surface area contributed by atoms with Crippen molar-refractivity contribution in [2.45, 2.75) is 50.9 Å². The first-order valence-electron chi connectivity index (χ1n) is 7.77. The van der Waals surface area contributed by atoms with Crippen LogP contribution >= 0.6 is 15.9 Å². The van der Waals surface area contributed by atoms with Crippen LogP contribution in [0.25, 0.3) is 0 Å². The van der Waals surface area contributed by atoms with Gasteiger partial charge in [0.1, 0.15) is 0 Å². The predicted octanol–water partition coefficient (Wildman–Crippen LogP) is 4.19. The van der Waals surface area contributed by atoms with Gasteiger partial charge in [0, 0.05) is 22.0 Å². The van der Waals surface area contributed by atoms with Crippen LogP contribution < -0.4 is 15.2 Å². The lowest BCUT2D eigenvalue weighted by atomic mass is 9.68. The van der Waals surface area contributed by atoms with E-state index in [1.807, 2.05) is 0 Å². The van der Waals surface area contributed by atoms with Gasteiger partial charge < -0.3 is 15.2 Å². The van der Waals surface area contributed by atoms with Gasteiger partial charge in [0.2, 0.25) is 0 Å². The average Bonchev–Trinajstić information content (AvgIpc) is 2.54. The molecule has 1 fully saturated rings. The number of aryl methyl sites for hydroxylation is 1. The van der Waals surface area contributed by atoms with Gasteiger partial charge in [-0.25, -0.2) is 0 Å². The van der Waals surface area contributed by atoms with Crippen LogP contribution in [0, 0.1) is 0 Å². The molecule has 1 saturated carbocycles.